The van der Waals surface area contributed by atoms with Crippen LogP contribution in [0.4, 0.5) is 0 Å². The first kappa shape index (κ1) is 16.1. The minimum Gasteiger partial charge on any atom is -0.467 e. The predicted octanol–water partition coefficient (Wildman–Crippen LogP) is 2.99. The summed E-state index contributed by atoms with van der Waals surface area (Å²) in [4.78, 5) is 24.3. The number of carbonyl (C=O) groups is 2. The molecule has 2 aromatic rings. The number of rotatable bonds is 5. The summed E-state index contributed by atoms with van der Waals surface area (Å²) in [5, 5.41) is 3.71. The van der Waals surface area contributed by atoms with Gasteiger partial charge in [-0.25, -0.2) is 4.79 Å². The van der Waals surface area contributed by atoms with E-state index in [9.17, 15) is 9.59 Å². The molecule has 1 N–H and O–H groups in total. The van der Waals surface area contributed by atoms with Crippen molar-refractivity contribution in [3.8, 4) is 0 Å². The Kier molecular flexibility index (Phi) is 4.54. The van der Waals surface area contributed by atoms with Gasteiger partial charge >= 0.3 is 5.97 Å². The van der Waals surface area contributed by atoms with Gasteiger partial charge in [-0.2, -0.15) is 0 Å². The van der Waals surface area contributed by atoms with Crippen LogP contribution in [0.2, 0.25) is 0 Å². The molecule has 5 heteroatoms. The molecule has 5 nitrogen and oxygen atoms in total. The maximum atomic E-state index is 12.4. The zero-order valence-electron chi connectivity index (χ0n) is 13.3. The van der Waals surface area contributed by atoms with Gasteiger partial charge < -0.3 is 14.5 Å². The Hall–Kier alpha value is -2.30. The van der Waals surface area contributed by atoms with E-state index in [-0.39, 0.29) is 5.91 Å². The summed E-state index contributed by atoms with van der Waals surface area (Å²) in [6.07, 6.45) is 0.443. The van der Waals surface area contributed by atoms with Gasteiger partial charge in [-0.15, -0.1) is 0 Å². The third-order valence-electron chi connectivity index (χ3n) is 4.01. The fourth-order valence-corrected chi connectivity index (χ4v) is 2.23. The summed E-state index contributed by atoms with van der Waals surface area (Å²) < 4.78 is 10.5. The molecule has 0 fully saturated rings. The van der Waals surface area contributed by atoms with E-state index in [1.54, 1.807) is 13.8 Å². The van der Waals surface area contributed by atoms with Crippen molar-refractivity contribution >= 4 is 22.8 Å². The number of fused-ring (bicyclic) bond motifs is 1. The number of amides is 1. The molecule has 1 heterocycles. The molecule has 0 saturated heterocycles. The van der Waals surface area contributed by atoms with Gasteiger partial charge in [-0.1, -0.05) is 25.1 Å². The second kappa shape index (κ2) is 6.22. The van der Waals surface area contributed by atoms with Crippen LogP contribution >= 0.6 is 0 Å². The summed E-state index contributed by atoms with van der Waals surface area (Å²) in [5.74, 6) is -0.654. The lowest BCUT2D eigenvalue weighted by Gasteiger charge is -2.27. The number of hydrogen-bond acceptors (Lipinski definition) is 4. The zero-order chi connectivity index (χ0) is 16.3. The van der Waals surface area contributed by atoms with E-state index in [1.807, 2.05) is 37.3 Å². The number of hydrogen-bond donors (Lipinski definition) is 1. The van der Waals surface area contributed by atoms with Crippen molar-refractivity contribution in [2.75, 3.05) is 7.11 Å². The Balaban J connectivity index is 2.19. The first-order valence-corrected chi connectivity index (χ1v) is 7.30. The number of ether oxygens (including phenoxy) is 1. The predicted molar refractivity (Wildman–Crippen MR) is 83.5 cm³/mol. The number of methoxy groups -OCH3 is 1. The highest BCUT2D eigenvalue weighted by molar-refractivity contribution is 5.91. The van der Waals surface area contributed by atoms with Crippen LogP contribution in [-0.4, -0.2) is 24.5 Å². The van der Waals surface area contributed by atoms with E-state index in [2.05, 4.69) is 5.32 Å². The average molecular weight is 303 g/mol. The average Bonchev–Trinajstić information content (AvgIpc) is 2.96. The van der Waals surface area contributed by atoms with Crippen LogP contribution in [0.25, 0.3) is 11.0 Å². The Morgan fingerprint density at radius 1 is 1.36 bits per heavy atom. The summed E-state index contributed by atoms with van der Waals surface area (Å²) >= 11 is 0. The standard InChI is InChI=1S/C17H21NO4/c1-5-17(3,16(20)21-4)18-15(19)11(2)14-10-12-8-6-7-9-13(12)22-14/h6-11H,5H2,1-4H3,(H,18,19)/t11-,17+/m1/s1. The van der Waals surface area contributed by atoms with E-state index in [1.165, 1.54) is 7.11 Å². The highest BCUT2D eigenvalue weighted by atomic mass is 16.5. The van der Waals surface area contributed by atoms with Gasteiger partial charge in [-0.3, -0.25) is 4.79 Å². The third kappa shape index (κ3) is 2.98. The van der Waals surface area contributed by atoms with Crippen molar-refractivity contribution < 1.29 is 18.7 Å². The highest BCUT2D eigenvalue weighted by Gasteiger charge is 2.36. The van der Waals surface area contributed by atoms with Gasteiger partial charge in [0.25, 0.3) is 0 Å². The molecule has 1 amide bonds. The lowest BCUT2D eigenvalue weighted by Crippen LogP contribution is -2.53. The monoisotopic (exact) mass is 303 g/mol. The van der Waals surface area contributed by atoms with Crippen molar-refractivity contribution in [1.82, 2.24) is 5.32 Å². The van der Waals surface area contributed by atoms with Gasteiger partial charge in [-0.05, 0) is 32.4 Å². The van der Waals surface area contributed by atoms with Crippen molar-refractivity contribution in [2.45, 2.75) is 38.6 Å². The topological polar surface area (TPSA) is 68.5 Å². The fraction of sp³-hybridized carbons (Fsp3) is 0.412. The molecular weight excluding hydrogens is 282 g/mol. The second-order valence-electron chi connectivity index (χ2n) is 5.57. The van der Waals surface area contributed by atoms with Crippen molar-refractivity contribution in [3.05, 3.63) is 36.1 Å². The largest absolute Gasteiger partial charge is 0.467 e. The molecule has 0 aliphatic rings. The molecule has 0 unspecified atom stereocenters. The van der Waals surface area contributed by atoms with E-state index < -0.39 is 17.4 Å². The summed E-state index contributed by atoms with van der Waals surface area (Å²) in [5.41, 5.74) is -0.296. The number of benzene rings is 1. The first-order chi connectivity index (χ1) is 10.4. The van der Waals surface area contributed by atoms with Gasteiger partial charge in [0.15, 0.2) is 0 Å². The second-order valence-corrected chi connectivity index (χ2v) is 5.57. The summed E-state index contributed by atoms with van der Waals surface area (Å²) in [7, 11) is 1.31. The van der Waals surface area contributed by atoms with Crippen LogP contribution in [0.5, 0.6) is 0 Å². The normalized spacial score (nSPS) is 15.1. The molecule has 1 aromatic heterocycles. The van der Waals surface area contributed by atoms with Gasteiger partial charge in [0.05, 0.1) is 13.0 Å². The molecule has 2 atom stereocenters. The van der Waals surface area contributed by atoms with E-state index in [4.69, 9.17) is 9.15 Å². The Morgan fingerprint density at radius 3 is 2.64 bits per heavy atom. The number of carbonyl (C=O) groups excluding carboxylic acids is 2. The van der Waals surface area contributed by atoms with Crippen LogP contribution in [0.1, 0.15) is 38.9 Å². The quantitative estimate of drug-likeness (QED) is 0.862. The first-order valence-electron chi connectivity index (χ1n) is 7.30. The smallest absolute Gasteiger partial charge is 0.331 e. The maximum Gasteiger partial charge on any atom is 0.331 e. The SMILES string of the molecule is CC[C@](C)(NC(=O)[C@H](C)c1cc2ccccc2o1)C(=O)OC. The molecule has 0 saturated carbocycles. The van der Waals surface area contributed by atoms with Crippen LogP contribution in [0, 0.1) is 0 Å². The minimum atomic E-state index is -1.04. The van der Waals surface area contributed by atoms with Gasteiger partial charge in [0.1, 0.15) is 16.9 Å². The lowest BCUT2D eigenvalue weighted by molar-refractivity contribution is -0.150. The lowest BCUT2D eigenvalue weighted by atomic mass is 9.97. The molecule has 0 spiro atoms. The third-order valence-corrected chi connectivity index (χ3v) is 4.01. The molecule has 0 aliphatic carbocycles. The number of esters is 1. The Bertz CT molecular complexity index is 658. The van der Waals surface area contributed by atoms with Crippen LogP contribution in [-0.2, 0) is 14.3 Å². The van der Waals surface area contributed by atoms with Crippen LogP contribution < -0.4 is 5.32 Å². The van der Waals surface area contributed by atoms with E-state index in [0.29, 0.717) is 12.2 Å². The molecule has 1 aromatic carbocycles. The molecule has 118 valence electrons. The fourth-order valence-electron chi connectivity index (χ4n) is 2.23. The molecular formula is C17H21NO4. The minimum absolute atomic E-state index is 0.270. The maximum absolute atomic E-state index is 12.4. The number of furan rings is 1. The van der Waals surface area contributed by atoms with Crippen LogP contribution in [0.3, 0.4) is 0 Å². The molecule has 2 rings (SSSR count). The van der Waals surface area contributed by atoms with Crippen molar-refractivity contribution in [3.63, 3.8) is 0 Å². The molecule has 0 aliphatic heterocycles. The van der Waals surface area contributed by atoms with E-state index in [0.717, 1.165) is 11.0 Å². The Morgan fingerprint density at radius 2 is 2.05 bits per heavy atom. The Labute approximate surface area is 129 Å². The molecule has 0 radical (unpaired) electrons. The summed E-state index contributed by atoms with van der Waals surface area (Å²) in [6.45, 7) is 5.23. The highest BCUT2D eigenvalue weighted by Crippen LogP contribution is 2.26. The van der Waals surface area contributed by atoms with Gasteiger partial charge in [0.2, 0.25) is 5.91 Å². The van der Waals surface area contributed by atoms with E-state index >= 15 is 0 Å². The molecule has 22 heavy (non-hydrogen) atoms. The van der Waals surface area contributed by atoms with Gasteiger partial charge in [0, 0.05) is 5.39 Å². The van der Waals surface area contributed by atoms with Crippen LogP contribution in [0.15, 0.2) is 34.7 Å². The summed E-state index contributed by atoms with van der Waals surface area (Å²) in [6, 6.07) is 9.43. The van der Waals surface area contributed by atoms with Crippen molar-refractivity contribution in [2.24, 2.45) is 0 Å². The molecule has 0 bridgehead atoms. The van der Waals surface area contributed by atoms with Crippen molar-refractivity contribution in [1.29, 1.82) is 0 Å². The zero-order valence-corrected chi connectivity index (χ0v) is 13.3. The number of para-hydroxylation sites is 1. The number of nitrogens with one attached hydrogen (secondary N) is 1.